The summed E-state index contributed by atoms with van der Waals surface area (Å²) in [5.41, 5.74) is 1.96. The van der Waals surface area contributed by atoms with Crippen LogP contribution in [0.2, 0.25) is 5.02 Å². The van der Waals surface area contributed by atoms with E-state index in [9.17, 15) is 15.2 Å². The number of anilines is 1. The average molecular weight is 409 g/mol. The zero-order chi connectivity index (χ0) is 21.0. The van der Waals surface area contributed by atoms with Crippen LogP contribution in [0.3, 0.4) is 0 Å². The summed E-state index contributed by atoms with van der Waals surface area (Å²) in [6.07, 6.45) is 0.240. The Balaban J connectivity index is 2.05. The van der Waals surface area contributed by atoms with E-state index >= 15 is 0 Å². The molecule has 0 aliphatic carbocycles. The van der Waals surface area contributed by atoms with Crippen molar-refractivity contribution in [1.82, 2.24) is 9.78 Å². The predicted molar refractivity (Wildman–Crippen MR) is 109 cm³/mol. The molecule has 0 spiro atoms. The lowest BCUT2D eigenvalue weighted by Gasteiger charge is -2.08. The molecule has 8 nitrogen and oxygen atoms in total. The van der Waals surface area contributed by atoms with Crippen molar-refractivity contribution < 1.29 is 9.90 Å². The lowest BCUT2D eigenvalue weighted by molar-refractivity contribution is -0.115. The Bertz CT molecular complexity index is 1130. The maximum Gasteiger partial charge on any atom is 0.224 e. The number of halogens is 1. The van der Waals surface area contributed by atoms with Crippen LogP contribution in [0.1, 0.15) is 24.6 Å². The van der Waals surface area contributed by atoms with Gasteiger partial charge in [0.05, 0.1) is 27.8 Å². The van der Waals surface area contributed by atoms with E-state index in [1.165, 1.54) is 16.8 Å². The SMILES string of the molecule is CCC(=O)Nc1cc(N=Nc2c(C#N)c(C)nn2-c2ccccc2)cc(Cl)c1O. The number of amides is 1. The second-order valence-corrected chi connectivity index (χ2v) is 6.48. The summed E-state index contributed by atoms with van der Waals surface area (Å²) in [4.78, 5) is 11.7. The number of aryl methyl sites for hydroxylation is 1. The minimum atomic E-state index is -0.282. The molecule has 1 aromatic heterocycles. The lowest BCUT2D eigenvalue weighted by atomic mass is 10.2. The number of nitrogens with zero attached hydrogens (tertiary/aromatic N) is 5. The Morgan fingerprint density at radius 2 is 2.03 bits per heavy atom. The van der Waals surface area contributed by atoms with Crippen LogP contribution in [0.15, 0.2) is 52.7 Å². The number of carbonyl (C=O) groups excluding carboxylic acids is 1. The van der Waals surface area contributed by atoms with E-state index in [2.05, 4.69) is 26.7 Å². The zero-order valence-electron chi connectivity index (χ0n) is 15.7. The number of rotatable bonds is 5. The van der Waals surface area contributed by atoms with Crippen molar-refractivity contribution >= 4 is 34.7 Å². The first kappa shape index (κ1) is 20.0. The number of aromatic hydroxyl groups is 1. The molecule has 9 heteroatoms. The minimum Gasteiger partial charge on any atom is -0.504 e. The second kappa shape index (κ2) is 8.54. The number of benzene rings is 2. The monoisotopic (exact) mass is 408 g/mol. The highest BCUT2D eigenvalue weighted by Crippen LogP contribution is 2.37. The van der Waals surface area contributed by atoms with Crippen molar-refractivity contribution in [3.05, 3.63) is 58.7 Å². The molecule has 29 heavy (non-hydrogen) atoms. The quantitative estimate of drug-likeness (QED) is 0.447. The van der Waals surface area contributed by atoms with Gasteiger partial charge in [-0.2, -0.15) is 10.4 Å². The van der Waals surface area contributed by atoms with Crippen molar-refractivity contribution in [3.63, 3.8) is 0 Å². The number of hydrogen-bond acceptors (Lipinski definition) is 6. The van der Waals surface area contributed by atoms with Gasteiger partial charge in [0.2, 0.25) is 5.91 Å². The largest absolute Gasteiger partial charge is 0.504 e. The average Bonchev–Trinajstić information content (AvgIpc) is 3.05. The van der Waals surface area contributed by atoms with E-state index in [4.69, 9.17) is 11.6 Å². The molecule has 0 saturated carbocycles. The third kappa shape index (κ3) is 4.25. The molecule has 3 rings (SSSR count). The summed E-state index contributed by atoms with van der Waals surface area (Å²) >= 11 is 6.04. The molecule has 1 amide bonds. The molecule has 0 bridgehead atoms. The molecular formula is C20H17ClN6O2. The maximum atomic E-state index is 11.7. The summed E-state index contributed by atoms with van der Waals surface area (Å²) in [7, 11) is 0. The number of azo groups is 1. The van der Waals surface area contributed by atoms with Crippen LogP contribution in [0.5, 0.6) is 5.75 Å². The standard InChI is InChI=1S/C20H17ClN6O2/c1-3-18(28)23-17-10-13(9-16(21)19(17)29)24-25-20-15(11-22)12(2)26-27(20)14-7-5-4-6-8-14/h4-10,29H,3H2,1-2H3,(H,23,28). The normalized spacial score (nSPS) is 10.8. The highest BCUT2D eigenvalue weighted by Gasteiger charge is 2.17. The maximum absolute atomic E-state index is 11.7. The number of nitriles is 1. The van der Waals surface area contributed by atoms with E-state index in [1.807, 2.05) is 30.3 Å². The van der Waals surface area contributed by atoms with Gasteiger partial charge in [0.25, 0.3) is 0 Å². The molecule has 0 aliphatic rings. The number of hydrogen-bond donors (Lipinski definition) is 2. The van der Waals surface area contributed by atoms with E-state index in [0.717, 1.165) is 5.69 Å². The number of para-hydroxylation sites is 1. The van der Waals surface area contributed by atoms with Gasteiger partial charge in [0.15, 0.2) is 11.6 Å². The Morgan fingerprint density at radius 3 is 2.69 bits per heavy atom. The highest BCUT2D eigenvalue weighted by atomic mass is 35.5. The zero-order valence-corrected chi connectivity index (χ0v) is 16.5. The van der Waals surface area contributed by atoms with Crippen LogP contribution in [0, 0.1) is 18.3 Å². The van der Waals surface area contributed by atoms with Gasteiger partial charge in [0, 0.05) is 6.42 Å². The van der Waals surface area contributed by atoms with Crippen molar-refractivity contribution in [3.8, 4) is 17.5 Å². The van der Waals surface area contributed by atoms with Crippen LogP contribution in [0.25, 0.3) is 5.69 Å². The number of aromatic nitrogens is 2. The van der Waals surface area contributed by atoms with Crippen LogP contribution >= 0.6 is 11.6 Å². The fraction of sp³-hybridized carbons (Fsp3) is 0.150. The van der Waals surface area contributed by atoms with Crippen molar-refractivity contribution in [2.75, 3.05) is 5.32 Å². The molecule has 146 valence electrons. The number of phenolic OH excluding ortho intramolecular Hbond substituents is 1. The number of phenols is 1. The summed E-state index contributed by atoms with van der Waals surface area (Å²) in [5.74, 6) is -0.273. The molecule has 3 aromatic rings. The van der Waals surface area contributed by atoms with Gasteiger partial charge < -0.3 is 10.4 Å². The van der Waals surface area contributed by atoms with Gasteiger partial charge >= 0.3 is 0 Å². The third-order valence-corrected chi connectivity index (χ3v) is 4.34. The fourth-order valence-corrected chi connectivity index (χ4v) is 2.78. The lowest BCUT2D eigenvalue weighted by Crippen LogP contribution is -2.09. The van der Waals surface area contributed by atoms with E-state index in [-0.39, 0.29) is 34.6 Å². The summed E-state index contributed by atoms with van der Waals surface area (Å²) < 4.78 is 1.53. The van der Waals surface area contributed by atoms with Gasteiger partial charge in [-0.3, -0.25) is 4.79 Å². The molecule has 0 atom stereocenters. The highest BCUT2D eigenvalue weighted by molar-refractivity contribution is 6.32. The van der Waals surface area contributed by atoms with Crippen LogP contribution in [-0.4, -0.2) is 20.8 Å². The predicted octanol–water partition coefficient (Wildman–Crippen LogP) is 5.18. The first-order valence-electron chi connectivity index (χ1n) is 8.73. The van der Waals surface area contributed by atoms with Crippen molar-refractivity contribution in [2.45, 2.75) is 20.3 Å². The Kier molecular flexibility index (Phi) is 5.90. The third-order valence-electron chi connectivity index (χ3n) is 4.05. The molecule has 0 fully saturated rings. The Morgan fingerprint density at radius 1 is 1.31 bits per heavy atom. The summed E-state index contributed by atoms with van der Waals surface area (Å²) in [6.45, 7) is 3.40. The van der Waals surface area contributed by atoms with Gasteiger partial charge in [-0.25, -0.2) is 4.68 Å². The van der Waals surface area contributed by atoms with Crippen LogP contribution in [-0.2, 0) is 4.79 Å². The first-order chi connectivity index (χ1) is 13.9. The molecule has 2 N–H and O–H groups in total. The fourth-order valence-electron chi connectivity index (χ4n) is 2.57. The van der Waals surface area contributed by atoms with Crippen LogP contribution < -0.4 is 5.32 Å². The molecule has 0 radical (unpaired) electrons. The van der Waals surface area contributed by atoms with Gasteiger partial charge in [-0.15, -0.1) is 10.2 Å². The topological polar surface area (TPSA) is 116 Å². The number of nitrogens with one attached hydrogen (secondary N) is 1. The summed E-state index contributed by atoms with van der Waals surface area (Å²) in [5, 5.41) is 34.9. The molecule has 2 aromatic carbocycles. The van der Waals surface area contributed by atoms with Gasteiger partial charge in [0.1, 0.15) is 11.6 Å². The molecule has 0 unspecified atom stereocenters. The van der Waals surface area contributed by atoms with Gasteiger partial charge in [-0.05, 0) is 31.2 Å². The van der Waals surface area contributed by atoms with E-state index < -0.39 is 0 Å². The Hall–Kier alpha value is -3.70. The first-order valence-corrected chi connectivity index (χ1v) is 9.11. The molecular weight excluding hydrogens is 392 g/mol. The van der Waals surface area contributed by atoms with E-state index in [0.29, 0.717) is 16.9 Å². The van der Waals surface area contributed by atoms with Crippen LogP contribution in [0.4, 0.5) is 17.2 Å². The summed E-state index contributed by atoms with van der Waals surface area (Å²) in [6, 6.07) is 14.2. The van der Waals surface area contributed by atoms with Crippen molar-refractivity contribution in [1.29, 1.82) is 5.26 Å². The number of carbonyl (C=O) groups is 1. The second-order valence-electron chi connectivity index (χ2n) is 6.07. The molecule has 0 aliphatic heterocycles. The Labute approximate surface area is 172 Å². The van der Waals surface area contributed by atoms with E-state index in [1.54, 1.807) is 13.8 Å². The molecule has 0 saturated heterocycles. The smallest absolute Gasteiger partial charge is 0.224 e. The molecule has 1 heterocycles. The minimum absolute atomic E-state index is 0.0149. The van der Waals surface area contributed by atoms with Crippen molar-refractivity contribution in [2.24, 2.45) is 10.2 Å². The van der Waals surface area contributed by atoms with Gasteiger partial charge in [-0.1, -0.05) is 36.7 Å².